The van der Waals surface area contributed by atoms with Crippen LogP contribution in [0.1, 0.15) is 31.4 Å². The number of carbonyl (C=O) groups is 1. The van der Waals surface area contributed by atoms with Gasteiger partial charge in [-0.2, -0.15) is 0 Å². The number of ether oxygens (including phenoxy) is 3. The maximum absolute atomic E-state index is 11.6. The van der Waals surface area contributed by atoms with Crippen molar-refractivity contribution in [3.05, 3.63) is 23.8 Å². The van der Waals surface area contributed by atoms with Crippen molar-refractivity contribution in [3.8, 4) is 11.5 Å². The largest absolute Gasteiger partial charge is 0.493 e. The normalized spacial score (nSPS) is 17.6. The third-order valence-corrected chi connectivity index (χ3v) is 3.97. The molecule has 128 valence electrons. The van der Waals surface area contributed by atoms with E-state index >= 15 is 0 Å². The van der Waals surface area contributed by atoms with Gasteiger partial charge in [-0.3, -0.25) is 0 Å². The molecular weight excluding hydrogens is 298 g/mol. The minimum Gasteiger partial charge on any atom is -0.493 e. The molecule has 1 aliphatic rings. The molecule has 1 aromatic carbocycles. The highest BCUT2D eigenvalue weighted by atomic mass is 16.5. The zero-order valence-corrected chi connectivity index (χ0v) is 13.9. The van der Waals surface area contributed by atoms with Gasteiger partial charge < -0.3 is 24.2 Å². The molecule has 1 aromatic rings. The Morgan fingerprint density at radius 2 is 2.04 bits per heavy atom. The maximum atomic E-state index is 11.6. The minimum atomic E-state index is -1.32. The van der Waals surface area contributed by atoms with Crippen LogP contribution in [0.2, 0.25) is 0 Å². The molecule has 1 atom stereocenters. The fourth-order valence-corrected chi connectivity index (χ4v) is 2.59. The Morgan fingerprint density at radius 1 is 1.35 bits per heavy atom. The SMILES string of the molecule is CCOC(=O)C(O)c1ccc(OC2CCN(C)CC2)c(OC)c1. The van der Waals surface area contributed by atoms with Gasteiger partial charge in [-0.05, 0) is 44.5 Å². The quantitative estimate of drug-likeness (QED) is 0.805. The van der Waals surface area contributed by atoms with Gasteiger partial charge in [0.15, 0.2) is 17.6 Å². The molecule has 1 fully saturated rings. The van der Waals surface area contributed by atoms with Crippen LogP contribution in [0.3, 0.4) is 0 Å². The third kappa shape index (κ3) is 4.59. The number of hydrogen-bond donors (Lipinski definition) is 1. The number of benzene rings is 1. The molecule has 1 N–H and O–H groups in total. The highest BCUT2D eigenvalue weighted by Gasteiger charge is 2.22. The second kappa shape index (κ2) is 8.17. The molecule has 1 unspecified atom stereocenters. The monoisotopic (exact) mass is 323 g/mol. The van der Waals surface area contributed by atoms with Crippen LogP contribution in [0.15, 0.2) is 18.2 Å². The van der Waals surface area contributed by atoms with Gasteiger partial charge in [-0.1, -0.05) is 6.07 Å². The summed E-state index contributed by atoms with van der Waals surface area (Å²) in [6.45, 7) is 3.94. The molecule has 2 rings (SSSR count). The highest BCUT2D eigenvalue weighted by Crippen LogP contribution is 2.32. The molecule has 0 radical (unpaired) electrons. The second-order valence-electron chi connectivity index (χ2n) is 5.69. The van der Waals surface area contributed by atoms with E-state index < -0.39 is 12.1 Å². The molecule has 1 heterocycles. The molecule has 0 aliphatic carbocycles. The van der Waals surface area contributed by atoms with Crippen molar-refractivity contribution in [2.45, 2.75) is 32.0 Å². The van der Waals surface area contributed by atoms with Gasteiger partial charge in [0.2, 0.25) is 0 Å². The van der Waals surface area contributed by atoms with Gasteiger partial charge in [-0.25, -0.2) is 4.79 Å². The van der Waals surface area contributed by atoms with E-state index in [4.69, 9.17) is 14.2 Å². The standard InChI is InChI=1S/C17H25NO5/c1-4-22-17(20)16(19)12-5-6-14(15(11-12)21-3)23-13-7-9-18(2)10-8-13/h5-6,11,13,16,19H,4,7-10H2,1-3H3. The first-order valence-electron chi connectivity index (χ1n) is 7.93. The van der Waals surface area contributed by atoms with Gasteiger partial charge in [-0.15, -0.1) is 0 Å². The van der Waals surface area contributed by atoms with E-state index in [1.165, 1.54) is 7.11 Å². The van der Waals surface area contributed by atoms with Gasteiger partial charge in [0.25, 0.3) is 0 Å². The lowest BCUT2D eigenvalue weighted by Crippen LogP contribution is -2.35. The summed E-state index contributed by atoms with van der Waals surface area (Å²) in [7, 11) is 3.64. The Morgan fingerprint density at radius 3 is 2.65 bits per heavy atom. The molecule has 0 amide bonds. The molecule has 6 nitrogen and oxygen atoms in total. The van der Waals surface area contributed by atoms with Crippen LogP contribution in [-0.2, 0) is 9.53 Å². The van der Waals surface area contributed by atoms with Crippen LogP contribution < -0.4 is 9.47 Å². The van der Waals surface area contributed by atoms with Crippen LogP contribution in [0.5, 0.6) is 11.5 Å². The number of rotatable bonds is 6. The molecule has 0 aromatic heterocycles. The van der Waals surface area contributed by atoms with E-state index in [9.17, 15) is 9.90 Å². The average Bonchev–Trinajstić information content (AvgIpc) is 2.56. The molecule has 23 heavy (non-hydrogen) atoms. The van der Waals surface area contributed by atoms with E-state index in [0.29, 0.717) is 17.1 Å². The lowest BCUT2D eigenvalue weighted by atomic mass is 10.1. The number of esters is 1. The van der Waals surface area contributed by atoms with Crippen molar-refractivity contribution in [2.75, 3.05) is 33.9 Å². The fourth-order valence-electron chi connectivity index (χ4n) is 2.59. The molecular formula is C17H25NO5. The Hall–Kier alpha value is -1.79. The van der Waals surface area contributed by atoms with Gasteiger partial charge in [0.1, 0.15) is 6.10 Å². The number of methoxy groups -OCH3 is 1. The summed E-state index contributed by atoms with van der Waals surface area (Å²) < 4.78 is 16.2. The summed E-state index contributed by atoms with van der Waals surface area (Å²) in [5.74, 6) is 0.463. The Bertz CT molecular complexity index is 526. The van der Waals surface area contributed by atoms with Gasteiger partial charge >= 0.3 is 5.97 Å². The lowest BCUT2D eigenvalue weighted by Gasteiger charge is -2.29. The van der Waals surface area contributed by atoms with E-state index in [-0.39, 0.29) is 12.7 Å². The predicted octanol–water partition coefficient (Wildman–Crippen LogP) is 1.76. The summed E-state index contributed by atoms with van der Waals surface area (Å²) in [6.07, 6.45) is 0.766. The molecule has 1 aliphatic heterocycles. The van der Waals surface area contributed by atoms with Crippen molar-refractivity contribution < 1.29 is 24.1 Å². The summed E-state index contributed by atoms with van der Waals surface area (Å²) in [5, 5.41) is 10.0. The van der Waals surface area contributed by atoms with Gasteiger partial charge in [0.05, 0.1) is 13.7 Å². The molecule has 0 spiro atoms. The van der Waals surface area contributed by atoms with Crippen molar-refractivity contribution >= 4 is 5.97 Å². The van der Waals surface area contributed by atoms with Crippen LogP contribution in [0.25, 0.3) is 0 Å². The van der Waals surface area contributed by atoms with E-state index in [1.54, 1.807) is 25.1 Å². The summed E-state index contributed by atoms with van der Waals surface area (Å²) in [6, 6.07) is 5.01. The van der Waals surface area contributed by atoms with Crippen molar-refractivity contribution in [1.29, 1.82) is 0 Å². The number of piperidine rings is 1. The Kier molecular flexibility index (Phi) is 6.24. The third-order valence-electron chi connectivity index (χ3n) is 3.97. The second-order valence-corrected chi connectivity index (χ2v) is 5.69. The summed E-state index contributed by atoms with van der Waals surface area (Å²) in [5.41, 5.74) is 0.427. The van der Waals surface area contributed by atoms with Crippen molar-refractivity contribution in [3.63, 3.8) is 0 Å². The van der Waals surface area contributed by atoms with Crippen molar-refractivity contribution in [1.82, 2.24) is 4.90 Å². The first-order valence-corrected chi connectivity index (χ1v) is 7.93. The first kappa shape index (κ1) is 17.6. The average molecular weight is 323 g/mol. The molecule has 0 bridgehead atoms. The molecule has 0 saturated carbocycles. The number of nitrogens with zero attached hydrogens (tertiary/aromatic N) is 1. The fraction of sp³-hybridized carbons (Fsp3) is 0.588. The lowest BCUT2D eigenvalue weighted by molar-refractivity contribution is -0.153. The van der Waals surface area contributed by atoms with E-state index in [0.717, 1.165) is 25.9 Å². The Labute approximate surface area is 136 Å². The van der Waals surface area contributed by atoms with Crippen LogP contribution in [0.4, 0.5) is 0 Å². The van der Waals surface area contributed by atoms with Crippen LogP contribution >= 0.6 is 0 Å². The first-order chi connectivity index (χ1) is 11.0. The molecule has 1 saturated heterocycles. The minimum absolute atomic E-state index is 0.154. The van der Waals surface area contributed by atoms with Crippen molar-refractivity contribution in [2.24, 2.45) is 0 Å². The van der Waals surface area contributed by atoms with E-state index in [1.807, 2.05) is 0 Å². The zero-order valence-electron chi connectivity index (χ0n) is 13.9. The zero-order chi connectivity index (χ0) is 16.8. The maximum Gasteiger partial charge on any atom is 0.339 e. The number of hydrogen-bond acceptors (Lipinski definition) is 6. The summed E-state index contributed by atoms with van der Waals surface area (Å²) >= 11 is 0. The number of aliphatic hydroxyl groups excluding tert-OH is 1. The smallest absolute Gasteiger partial charge is 0.339 e. The van der Waals surface area contributed by atoms with Crippen LogP contribution in [0, 0.1) is 0 Å². The predicted molar refractivity (Wildman–Crippen MR) is 85.7 cm³/mol. The summed E-state index contributed by atoms with van der Waals surface area (Å²) in [4.78, 5) is 13.9. The van der Waals surface area contributed by atoms with E-state index in [2.05, 4.69) is 11.9 Å². The topological polar surface area (TPSA) is 68.2 Å². The number of likely N-dealkylation sites (tertiary alicyclic amines) is 1. The number of carbonyl (C=O) groups excluding carboxylic acids is 1. The van der Waals surface area contributed by atoms with Crippen LogP contribution in [-0.4, -0.2) is 55.9 Å². The molecule has 6 heteroatoms. The Balaban J connectivity index is 2.08. The highest BCUT2D eigenvalue weighted by molar-refractivity contribution is 5.76. The number of aliphatic hydroxyl groups is 1. The van der Waals surface area contributed by atoms with Gasteiger partial charge in [0, 0.05) is 13.1 Å².